The minimum absolute atomic E-state index is 0.0952. The lowest BCUT2D eigenvalue weighted by Gasteiger charge is -2.20. The fraction of sp³-hybridized carbons (Fsp3) is 0.455. The molecule has 1 heterocycles. The van der Waals surface area contributed by atoms with E-state index in [9.17, 15) is 17.2 Å². The predicted molar refractivity (Wildman–Crippen MR) is 70.3 cm³/mol. The van der Waals surface area contributed by atoms with E-state index in [2.05, 4.69) is 21.2 Å². The van der Waals surface area contributed by atoms with Gasteiger partial charge in [0.25, 0.3) is 0 Å². The zero-order chi connectivity index (χ0) is 14.0. The molecule has 8 heteroatoms. The van der Waals surface area contributed by atoms with Crippen LogP contribution in [0.3, 0.4) is 0 Å². The molecule has 1 aliphatic heterocycles. The average molecular weight is 355 g/mol. The van der Waals surface area contributed by atoms with E-state index in [4.69, 9.17) is 0 Å². The molecule has 0 atom stereocenters. The molecule has 1 saturated heterocycles. The molecule has 4 nitrogen and oxygen atoms in total. The van der Waals surface area contributed by atoms with Crippen molar-refractivity contribution >= 4 is 26.0 Å². The van der Waals surface area contributed by atoms with Crippen LogP contribution < -0.4 is 5.32 Å². The van der Waals surface area contributed by atoms with Gasteiger partial charge in [0.2, 0.25) is 10.0 Å². The molecule has 19 heavy (non-hydrogen) atoms. The summed E-state index contributed by atoms with van der Waals surface area (Å²) in [5, 5.41) is 3.07. The molecule has 1 aliphatic rings. The average Bonchev–Trinajstić information content (AvgIpc) is 2.55. The van der Waals surface area contributed by atoms with Crippen molar-refractivity contribution in [2.45, 2.75) is 11.3 Å². The van der Waals surface area contributed by atoms with Gasteiger partial charge in [-0.25, -0.2) is 17.2 Å². The van der Waals surface area contributed by atoms with E-state index in [0.29, 0.717) is 25.6 Å². The van der Waals surface area contributed by atoms with Crippen molar-refractivity contribution in [2.75, 3.05) is 26.2 Å². The number of nitrogens with one attached hydrogen (secondary N) is 1. The highest BCUT2D eigenvalue weighted by molar-refractivity contribution is 9.10. The molecule has 0 amide bonds. The normalized spacial score (nSPS) is 18.3. The summed E-state index contributed by atoms with van der Waals surface area (Å²) in [5.74, 6) is -1.90. The third kappa shape index (κ3) is 3.13. The molecule has 0 radical (unpaired) electrons. The van der Waals surface area contributed by atoms with Crippen molar-refractivity contribution in [1.82, 2.24) is 9.62 Å². The molecular formula is C11H13BrF2N2O2S. The summed E-state index contributed by atoms with van der Waals surface area (Å²) in [6.07, 6.45) is 0.652. The Bertz CT molecular complexity index is 549. The van der Waals surface area contributed by atoms with Crippen LogP contribution in [0, 0.1) is 11.6 Å². The lowest BCUT2D eigenvalue weighted by Crippen LogP contribution is -2.35. The summed E-state index contributed by atoms with van der Waals surface area (Å²) in [7, 11) is -3.96. The van der Waals surface area contributed by atoms with Gasteiger partial charge in [0.05, 0.1) is 0 Å². The number of rotatable bonds is 2. The van der Waals surface area contributed by atoms with Crippen LogP contribution in [0.25, 0.3) is 0 Å². The topological polar surface area (TPSA) is 49.4 Å². The SMILES string of the molecule is O=S(=O)(c1c(F)cc(F)cc1Br)N1CCCNCC1. The van der Waals surface area contributed by atoms with Crippen molar-refractivity contribution in [1.29, 1.82) is 0 Å². The lowest BCUT2D eigenvalue weighted by molar-refractivity contribution is 0.426. The second kappa shape index (κ2) is 5.82. The number of halogens is 3. The molecule has 0 aliphatic carbocycles. The maximum Gasteiger partial charge on any atom is 0.247 e. The zero-order valence-corrected chi connectivity index (χ0v) is 12.4. The van der Waals surface area contributed by atoms with Crippen LogP contribution in [0.4, 0.5) is 8.78 Å². The van der Waals surface area contributed by atoms with Gasteiger partial charge in [-0.05, 0) is 35.0 Å². The first-order chi connectivity index (χ1) is 8.93. The zero-order valence-electron chi connectivity index (χ0n) is 10.00. The Morgan fingerprint density at radius 3 is 2.63 bits per heavy atom. The highest BCUT2D eigenvalue weighted by Crippen LogP contribution is 2.29. The van der Waals surface area contributed by atoms with Gasteiger partial charge in [-0.2, -0.15) is 4.31 Å². The summed E-state index contributed by atoms with van der Waals surface area (Å²) in [6.45, 7) is 1.82. The number of benzene rings is 1. The molecule has 1 N–H and O–H groups in total. The van der Waals surface area contributed by atoms with E-state index < -0.39 is 26.6 Å². The van der Waals surface area contributed by atoms with Crippen molar-refractivity contribution in [3.8, 4) is 0 Å². The van der Waals surface area contributed by atoms with E-state index in [1.807, 2.05) is 0 Å². The molecule has 0 saturated carbocycles. The number of nitrogens with zero attached hydrogens (tertiary/aromatic N) is 1. The van der Waals surface area contributed by atoms with E-state index in [1.54, 1.807) is 0 Å². The largest absolute Gasteiger partial charge is 0.315 e. The maximum atomic E-state index is 13.8. The van der Waals surface area contributed by atoms with Crippen molar-refractivity contribution < 1.29 is 17.2 Å². The molecule has 0 spiro atoms. The number of hydrogen-bond acceptors (Lipinski definition) is 3. The minimum Gasteiger partial charge on any atom is -0.315 e. The Kier molecular flexibility index (Phi) is 4.54. The van der Waals surface area contributed by atoms with Gasteiger partial charge in [0.15, 0.2) is 0 Å². The monoisotopic (exact) mass is 354 g/mol. The summed E-state index contributed by atoms with van der Waals surface area (Å²) in [5.41, 5.74) is 0. The summed E-state index contributed by atoms with van der Waals surface area (Å²) in [6, 6.07) is 1.53. The molecule has 0 aromatic heterocycles. The van der Waals surface area contributed by atoms with Crippen molar-refractivity contribution in [2.24, 2.45) is 0 Å². The second-order valence-corrected chi connectivity index (χ2v) is 6.94. The quantitative estimate of drug-likeness (QED) is 0.879. The first kappa shape index (κ1) is 14.8. The highest BCUT2D eigenvalue weighted by atomic mass is 79.9. The Hall–Kier alpha value is -0.570. The molecule has 0 bridgehead atoms. The van der Waals surface area contributed by atoms with Gasteiger partial charge in [0.1, 0.15) is 16.5 Å². The van der Waals surface area contributed by atoms with Gasteiger partial charge in [-0.15, -0.1) is 0 Å². The summed E-state index contributed by atoms with van der Waals surface area (Å²) < 4.78 is 52.7. The Labute approximate surface area is 119 Å². The third-order valence-electron chi connectivity index (χ3n) is 2.86. The first-order valence-corrected chi connectivity index (χ1v) is 8.01. The van der Waals surface area contributed by atoms with Crippen LogP contribution in [0.5, 0.6) is 0 Å². The van der Waals surface area contributed by atoms with Crippen LogP contribution in [0.2, 0.25) is 0 Å². The van der Waals surface area contributed by atoms with Crippen molar-refractivity contribution in [3.05, 3.63) is 28.2 Å². The van der Waals surface area contributed by atoms with E-state index >= 15 is 0 Å². The molecule has 1 fully saturated rings. The molecule has 106 valence electrons. The molecular weight excluding hydrogens is 342 g/mol. The van der Waals surface area contributed by atoms with Crippen LogP contribution in [-0.4, -0.2) is 38.9 Å². The van der Waals surface area contributed by atoms with Gasteiger partial charge < -0.3 is 5.32 Å². The van der Waals surface area contributed by atoms with E-state index in [1.165, 1.54) is 4.31 Å². The molecule has 1 aromatic rings. The Balaban J connectivity index is 2.44. The van der Waals surface area contributed by atoms with Crippen molar-refractivity contribution in [3.63, 3.8) is 0 Å². The molecule has 2 rings (SSSR count). The summed E-state index contributed by atoms with van der Waals surface area (Å²) >= 11 is 2.92. The summed E-state index contributed by atoms with van der Waals surface area (Å²) in [4.78, 5) is -0.504. The van der Waals surface area contributed by atoms with Gasteiger partial charge >= 0.3 is 0 Å². The van der Waals surface area contributed by atoms with Gasteiger partial charge in [0, 0.05) is 30.2 Å². The lowest BCUT2D eigenvalue weighted by atomic mass is 10.3. The number of sulfonamides is 1. The standard InChI is InChI=1S/C11H13BrF2N2O2S/c12-9-6-8(13)7-10(14)11(9)19(17,18)16-4-1-2-15-3-5-16/h6-7,15H,1-5H2. The van der Waals surface area contributed by atoms with E-state index in [-0.39, 0.29) is 11.0 Å². The van der Waals surface area contributed by atoms with Gasteiger partial charge in [-0.1, -0.05) is 0 Å². The molecule has 0 unspecified atom stereocenters. The fourth-order valence-corrected chi connectivity index (χ4v) is 4.56. The highest BCUT2D eigenvalue weighted by Gasteiger charge is 2.30. The number of hydrogen-bond donors (Lipinski definition) is 1. The van der Waals surface area contributed by atoms with Crippen LogP contribution in [-0.2, 0) is 10.0 Å². The predicted octanol–water partition coefficient (Wildman–Crippen LogP) is 1.71. The first-order valence-electron chi connectivity index (χ1n) is 5.78. The minimum atomic E-state index is -3.96. The Morgan fingerprint density at radius 1 is 1.21 bits per heavy atom. The van der Waals surface area contributed by atoms with E-state index in [0.717, 1.165) is 12.6 Å². The molecule has 1 aromatic carbocycles. The van der Waals surface area contributed by atoms with Crippen LogP contribution in [0.15, 0.2) is 21.5 Å². The third-order valence-corrected chi connectivity index (χ3v) is 5.72. The fourth-order valence-electron chi connectivity index (χ4n) is 1.97. The van der Waals surface area contributed by atoms with Gasteiger partial charge in [-0.3, -0.25) is 0 Å². The second-order valence-electron chi connectivity index (χ2n) is 4.21. The Morgan fingerprint density at radius 2 is 1.95 bits per heavy atom. The van der Waals surface area contributed by atoms with Crippen LogP contribution in [0.1, 0.15) is 6.42 Å². The van der Waals surface area contributed by atoms with Crippen LogP contribution >= 0.6 is 15.9 Å². The maximum absolute atomic E-state index is 13.8. The smallest absolute Gasteiger partial charge is 0.247 e.